The maximum Gasteiger partial charge on any atom is 0.222 e. The number of carbonyl (C=O) groups is 1. The van der Waals surface area contributed by atoms with Crippen LogP contribution in [-0.4, -0.2) is 16.5 Å². The average molecular weight is 282 g/mol. The number of nitrogens with one attached hydrogen (secondary N) is 1. The molecule has 1 N–H and O–H groups in total. The average Bonchev–Trinajstić information content (AvgIpc) is 3.40. The molecule has 2 aliphatic rings. The Bertz CT molecular complexity index is 640. The van der Waals surface area contributed by atoms with E-state index in [4.69, 9.17) is 0 Å². The Morgan fingerprint density at radius 3 is 2.57 bits per heavy atom. The lowest BCUT2D eigenvalue weighted by atomic mass is 10.1. The molecule has 4 rings (SSSR count). The number of rotatable bonds is 6. The topological polar surface area (TPSA) is 34.0 Å². The van der Waals surface area contributed by atoms with Crippen LogP contribution in [0.5, 0.6) is 0 Å². The number of amides is 1. The van der Waals surface area contributed by atoms with Crippen LogP contribution < -0.4 is 5.32 Å². The highest BCUT2D eigenvalue weighted by Crippen LogP contribution is 2.44. The van der Waals surface area contributed by atoms with Gasteiger partial charge in [-0.3, -0.25) is 4.79 Å². The third-order valence-electron chi connectivity index (χ3n) is 4.85. The summed E-state index contributed by atoms with van der Waals surface area (Å²) < 4.78 is 2.18. The minimum absolute atomic E-state index is 0.219. The first kappa shape index (κ1) is 12.9. The number of para-hydroxylation sites is 1. The monoisotopic (exact) mass is 282 g/mol. The summed E-state index contributed by atoms with van der Waals surface area (Å²) in [7, 11) is 0. The zero-order valence-electron chi connectivity index (χ0n) is 12.3. The Balaban J connectivity index is 1.36. The third-order valence-corrected chi connectivity index (χ3v) is 4.85. The van der Waals surface area contributed by atoms with Crippen molar-refractivity contribution in [3.8, 4) is 0 Å². The molecule has 3 heteroatoms. The molecule has 2 saturated carbocycles. The van der Waals surface area contributed by atoms with Crippen molar-refractivity contribution < 1.29 is 4.79 Å². The van der Waals surface area contributed by atoms with Gasteiger partial charge in [0, 0.05) is 30.7 Å². The molecule has 1 amide bonds. The molecule has 1 aromatic carbocycles. The van der Waals surface area contributed by atoms with Gasteiger partial charge in [0.1, 0.15) is 0 Å². The van der Waals surface area contributed by atoms with Crippen LogP contribution in [0.15, 0.2) is 36.5 Å². The number of nitrogens with zero attached hydrogens (tertiary/aromatic N) is 1. The van der Waals surface area contributed by atoms with Gasteiger partial charge >= 0.3 is 0 Å². The summed E-state index contributed by atoms with van der Waals surface area (Å²) >= 11 is 0. The number of hydrogen-bond acceptors (Lipinski definition) is 1. The van der Waals surface area contributed by atoms with Gasteiger partial charge in [-0.25, -0.2) is 0 Å². The summed E-state index contributed by atoms with van der Waals surface area (Å²) in [5, 5.41) is 4.54. The van der Waals surface area contributed by atoms with Gasteiger partial charge in [-0.1, -0.05) is 18.2 Å². The fourth-order valence-electron chi connectivity index (χ4n) is 3.35. The van der Waals surface area contributed by atoms with Crippen LogP contribution in [0.25, 0.3) is 10.9 Å². The molecule has 2 aliphatic carbocycles. The summed E-state index contributed by atoms with van der Waals surface area (Å²) in [6, 6.07) is 10.9. The second-order valence-corrected chi connectivity index (χ2v) is 6.59. The summed E-state index contributed by atoms with van der Waals surface area (Å²) in [6.45, 7) is 0.765. The Labute approximate surface area is 125 Å². The van der Waals surface area contributed by atoms with E-state index >= 15 is 0 Å². The van der Waals surface area contributed by atoms with Gasteiger partial charge in [0.15, 0.2) is 0 Å². The molecule has 2 fully saturated rings. The van der Waals surface area contributed by atoms with Crippen molar-refractivity contribution in [2.45, 2.75) is 44.7 Å². The van der Waals surface area contributed by atoms with Gasteiger partial charge in [0.25, 0.3) is 0 Å². The number of aromatic nitrogens is 1. The van der Waals surface area contributed by atoms with E-state index in [1.54, 1.807) is 0 Å². The van der Waals surface area contributed by atoms with Crippen molar-refractivity contribution in [1.82, 2.24) is 9.88 Å². The summed E-state index contributed by atoms with van der Waals surface area (Å²) in [6.07, 6.45) is 7.90. The van der Waals surface area contributed by atoms with Crippen molar-refractivity contribution >= 4 is 16.8 Å². The molecule has 0 atom stereocenters. The lowest BCUT2D eigenvalue weighted by Crippen LogP contribution is -2.38. The van der Waals surface area contributed by atoms with Crippen molar-refractivity contribution in [3.05, 3.63) is 36.5 Å². The normalized spacial score (nSPS) is 18.3. The lowest BCUT2D eigenvalue weighted by Gasteiger charge is -2.17. The molecule has 3 nitrogen and oxygen atoms in total. The van der Waals surface area contributed by atoms with Crippen LogP contribution in [0.4, 0.5) is 0 Å². The molecule has 1 aromatic heterocycles. The van der Waals surface area contributed by atoms with Gasteiger partial charge in [0.2, 0.25) is 5.91 Å². The predicted molar refractivity (Wildman–Crippen MR) is 83.9 cm³/mol. The fourth-order valence-corrected chi connectivity index (χ4v) is 3.35. The smallest absolute Gasteiger partial charge is 0.222 e. The number of carbonyl (C=O) groups excluding carboxylic acids is 1. The molecule has 2 aromatic rings. The SMILES string of the molecule is O=C(CCn1ccc2ccccc21)NC(C1CC1)C1CC1. The molecular formula is C18H22N2O. The van der Waals surface area contributed by atoms with E-state index in [-0.39, 0.29) is 5.91 Å². The first-order valence-corrected chi connectivity index (χ1v) is 8.14. The van der Waals surface area contributed by atoms with Gasteiger partial charge in [-0.2, -0.15) is 0 Å². The second-order valence-electron chi connectivity index (χ2n) is 6.59. The maximum atomic E-state index is 12.2. The molecule has 0 unspecified atom stereocenters. The van der Waals surface area contributed by atoms with E-state index in [0.29, 0.717) is 12.5 Å². The zero-order chi connectivity index (χ0) is 14.2. The van der Waals surface area contributed by atoms with Crippen molar-refractivity contribution in [2.24, 2.45) is 11.8 Å². The van der Waals surface area contributed by atoms with Crippen molar-refractivity contribution in [3.63, 3.8) is 0 Å². The highest BCUT2D eigenvalue weighted by Gasteiger charge is 2.42. The first-order valence-electron chi connectivity index (χ1n) is 8.14. The van der Waals surface area contributed by atoms with Gasteiger partial charge in [-0.15, -0.1) is 0 Å². The summed E-state index contributed by atoms with van der Waals surface area (Å²) in [5.74, 6) is 1.76. The Morgan fingerprint density at radius 1 is 1.14 bits per heavy atom. The zero-order valence-corrected chi connectivity index (χ0v) is 12.3. The van der Waals surface area contributed by atoms with E-state index in [0.717, 1.165) is 18.4 Å². The minimum atomic E-state index is 0.219. The predicted octanol–water partition coefficient (Wildman–Crippen LogP) is 3.34. The molecule has 0 saturated heterocycles. The number of fused-ring (bicyclic) bond motifs is 1. The Hall–Kier alpha value is -1.77. The third kappa shape index (κ3) is 2.82. The quantitative estimate of drug-likeness (QED) is 0.866. The highest BCUT2D eigenvalue weighted by atomic mass is 16.1. The molecule has 0 radical (unpaired) electrons. The van der Waals surface area contributed by atoms with Crippen LogP contribution in [0.3, 0.4) is 0 Å². The van der Waals surface area contributed by atoms with Gasteiger partial charge in [0.05, 0.1) is 0 Å². The second kappa shape index (κ2) is 5.21. The van der Waals surface area contributed by atoms with E-state index in [2.05, 4.69) is 46.4 Å². The van der Waals surface area contributed by atoms with Crippen molar-refractivity contribution in [1.29, 1.82) is 0 Å². The van der Waals surface area contributed by atoms with E-state index in [1.165, 1.54) is 36.6 Å². The van der Waals surface area contributed by atoms with Gasteiger partial charge in [-0.05, 0) is 55.0 Å². The Morgan fingerprint density at radius 2 is 1.86 bits per heavy atom. The van der Waals surface area contributed by atoms with E-state index in [1.807, 2.05) is 0 Å². The molecule has 1 heterocycles. The molecule has 0 spiro atoms. The van der Waals surface area contributed by atoms with Crippen LogP contribution >= 0.6 is 0 Å². The van der Waals surface area contributed by atoms with Crippen LogP contribution in [-0.2, 0) is 11.3 Å². The number of benzene rings is 1. The Kier molecular flexibility index (Phi) is 3.21. The fraction of sp³-hybridized carbons (Fsp3) is 0.500. The standard InChI is InChI=1S/C18H22N2O/c21-17(19-18(14-5-6-14)15-7-8-15)10-12-20-11-9-13-3-1-2-4-16(13)20/h1-4,9,11,14-15,18H,5-8,10,12H2,(H,19,21). The number of hydrogen-bond donors (Lipinski definition) is 1. The highest BCUT2D eigenvalue weighted by molar-refractivity contribution is 5.80. The molecule has 0 bridgehead atoms. The van der Waals surface area contributed by atoms with Crippen molar-refractivity contribution in [2.75, 3.05) is 0 Å². The first-order chi connectivity index (χ1) is 10.3. The minimum Gasteiger partial charge on any atom is -0.353 e. The largest absolute Gasteiger partial charge is 0.353 e. The molecule has 110 valence electrons. The maximum absolute atomic E-state index is 12.2. The van der Waals surface area contributed by atoms with Crippen LogP contribution in [0.1, 0.15) is 32.1 Å². The van der Waals surface area contributed by atoms with Crippen LogP contribution in [0, 0.1) is 11.8 Å². The summed E-state index contributed by atoms with van der Waals surface area (Å²) in [4.78, 5) is 12.2. The lowest BCUT2D eigenvalue weighted by molar-refractivity contribution is -0.122. The van der Waals surface area contributed by atoms with Gasteiger partial charge < -0.3 is 9.88 Å². The molecular weight excluding hydrogens is 260 g/mol. The van der Waals surface area contributed by atoms with E-state index < -0.39 is 0 Å². The van der Waals surface area contributed by atoms with E-state index in [9.17, 15) is 4.79 Å². The molecule has 0 aliphatic heterocycles. The number of aryl methyl sites for hydroxylation is 1. The van der Waals surface area contributed by atoms with Crippen LogP contribution in [0.2, 0.25) is 0 Å². The molecule has 21 heavy (non-hydrogen) atoms. The summed E-state index contributed by atoms with van der Waals surface area (Å²) in [5.41, 5.74) is 1.21.